The topological polar surface area (TPSA) is 84.2 Å². The molecule has 0 spiro atoms. The van der Waals surface area contributed by atoms with E-state index in [9.17, 15) is 9.59 Å². The van der Waals surface area contributed by atoms with Crippen molar-refractivity contribution in [1.29, 1.82) is 0 Å². The van der Waals surface area contributed by atoms with Crippen molar-refractivity contribution in [2.75, 3.05) is 12.0 Å². The molecule has 7 heteroatoms. The van der Waals surface area contributed by atoms with E-state index in [0.29, 0.717) is 18.0 Å². The van der Waals surface area contributed by atoms with E-state index in [4.69, 9.17) is 17.3 Å². The average Bonchev–Trinajstić information content (AvgIpc) is 2.42. The molecule has 1 atom stereocenters. The Hall–Kier alpha value is -1.40. The second-order valence-electron chi connectivity index (χ2n) is 4.19. The lowest BCUT2D eigenvalue weighted by Gasteiger charge is -2.16. The highest BCUT2D eigenvalue weighted by Gasteiger charge is 2.18. The summed E-state index contributed by atoms with van der Waals surface area (Å²) in [6.45, 7) is 0.381. The van der Waals surface area contributed by atoms with Crippen LogP contribution in [-0.4, -0.2) is 30.0 Å². The molecule has 0 radical (unpaired) electrons. The zero-order valence-corrected chi connectivity index (χ0v) is 12.8. The number of hydrogen-bond donors (Lipinski definition) is 3. The van der Waals surface area contributed by atoms with Crippen LogP contribution >= 0.6 is 23.4 Å². The minimum atomic E-state index is -0.697. The number of amides is 3. The Bertz CT molecular complexity index is 453. The highest BCUT2D eigenvalue weighted by Crippen LogP contribution is 2.09. The molecular formula is C13H18ClN3O2S. The van der Waals surface area contributed by atoms with Crippen LogP contribution < -0.4 is 16.4 Å². The second kappa shape index (κ2) is 8.71. The third-order valence-corrected chi connectivity index (χ3v) is 3.52. The van der Waals surface area contributed by atoms with Crippen molar-refractivity contribution in [1.82, 2.24) is 10.6 Å². The largest absolute Gasteiger partial charge is 0.352 e. The summed E-state index contributed by atoms with van der Waals surface area (Å²) in [5, 5.41) is 5.87. The van der Waals surface area contributed by atoms with E-state index in [2.05, 4.69) is 10.6 Å². The minimum Gasteiger partial charge on any atom is -0.352 e. The van der Waals surface area contributed by atoms with Crippen LogP contribution in [0.25, 0.3) is 0 Å². The Morgan fingerprint density at radius 1 is 1.35 bits per heavy atom. The van der Waals surface area contributed by atoms with Gasteiger partial charge < -0.3 is 16.4 Å². The van der Waals surface area contributed by atoms with Crippen molar-refractivity contribution in [3.63, 3.8) is 0 Å². The van der Waals surface area contributed by atoms with Gasteiger partial charge in [-0.15, -0.1) is 0 Å². The van der Waals surface area contributed by atoms with Crippen LogP contribution in [0.5, 0.6) is 0 Å². The summed E-state index contributed by atoms with van der Waals surface area (Å²) in [6.07, 6.45) is 2.48. The number of thioether (sulfide) groups is 1. The number of carbonyl (C=O) groups excluding carboxylic acids is 2. The van der Waals surface area contributed by atoms with Crippen LogP contribution in [0.4, 0.5) is 4.79 Å². The van der Waals surface area contributed by atoms with Crippen molar-refractivity contribution >= 4 is 35.3 Å². The van der Waals surface area contributed by atoms with Crippen LogP contribution in [-0.2, 0) is 11.3 Å². The van der Waals surface area contributed by atoms with Gasteiger partial charge in [0.25, 0.3) is 0 Å². The van der Waals surface area contributed by atoms with Gasteiger partial charge >= 0.3 is 6.03 Å². The smallest absolute Gasteiger partial charge is 0.312 e. The van der Waals surface area contributed by atoms with Gasteiger partial charge in [-0.05, 0) is 36.1 Å². The number of nitrogens with two attached hydrogens (primary N) is 1. The van der Waals surface area contributed by atoms with E-state index in [0.717, 1.165) is 11.3 Å². The van der Waals surface area contributed by atoms with Gasteiger partial charge in [-0.1, -0.05) is 23.7 Å². The molecule has 5 nitrogen and oxygen atoms in total. The first-order chi connectivity index (χ1) is 9.52. The highest BCUT2D eigenvalue weighted by atomic mass is 35.5. The van der Waals surface area contributed by atoms with Gasteiger partial charge in [0.2, 0.25) is 5.91 Å². The fourth-order valence-corrected chi connectivity index (χ4v) is 2.19. The Morgan fingerprint density at radius 2 is 2.00 bits per heavy atom. The summed E-state index contributed by atoms with van der Waals surface area (Å²) in [4.78, 5) is 22.9. The fourth-order valence-electron chi connectivity index (χ4n) is 1.59. The number of hydrogen-bond acceptors (Lipinski definition) is 3. The third kappa shape index (κ3) is 6.16. The van der Waals surface area contributed by atoms with Gasteiger partial charge in [-0.3, -0.25) is 4.79 Å². The lowest BCUT2D eigenvalue weighted by Crippen LogP contribution is -2.48. The summed E-state index contributed by atoms with van der Waals surface area (Å²) >= 11 is 7.39. The molecule has 0 saturated carbocycles. The normalized spacial score (nSPS) is 11.7. The molecule has 1 aromatic carbocycles. The molecule has 1 rings (SSSR count). The number of nitrogens with one attached hydrogen (secondary N) is 2. The Morgan fingerprint density at radius 3 is 2.55 bits per heavy atom. The first kappa shape index (κ1) is 16.7. The lowest BCUT2D eigenvalue weighted by atomic mass is 10.2. The summed E-state index contributed by atoms with van der Waals surface area (Å²) < 4.78 is 0. The molecular weight excluding hydrogens is 298 g/mol. The van der Waals surface area contributed by atoms with E-state index in [1.165, 1.54) is 0 Å². The number of urea groups is 1. The molecule has 0 aliphatic heterocycles. The van der Waals surface area contributed by atoms with Gasteiger partial charge in [-0.25, -0.2) is 4.79 Å². The Kier molecular flexibility index (Phi) is 7.25. The zero-order chi connectivity index (χ0) is 15.0. The van der Waals surface area contributed by atoms with E-state index >= 15 is 0 Å². The number of primary amides is 1. The van der Waals surface area contributed by atoms with Crippen LogP contribution in [0.2, 0.25) is 5.02 Å². The lowest BCUT2D eigenvalue weighted by molar-refractivity contribution is -0.123. The van der Waals surface area contributed by atoms with Gasteiger partial charge in [0.1, 0.15) is 6.04 Å². The zero-order valence-electron chi connectivity index (χ0n) is 11.2. The Labute approximate surface area is 127 Å². The molecule has 0 unspecified atom stereocenters. The standard InChI is InChI=1S/C13H18ClN3O2S/c1-20-7-6-11(17-13(15)19)12(18)16-8-9-2-4-10(14)5-3-9/h2-5,11H,6-8H2,1H3,(H,16,18)(H3,15,17,19)/t11-/m0/s1. The second-order valence-corrected chi connectivity index (χ2v) is 5.61. The van der Waals surface area contributed by atoms with Crippen molar-refractivity contribution in [3.05, 3.63) is 34.9 Å². The van der Waals surface area contributed by atoms with Gasteiger partial charge in [0, 0.05) is 11.6 Å². The first-order valence-electron chi connectivity index (χ1n) is 6.10. The van der Waals surface area contributed by atoms with E-state index in [1.807, 2.05) is 18.4 Å². The average molecular weight is 316 g/mol. The van der Waals surface area contributed by atoms with Gasteiger partial charge in [0.15, 0.2) is 0 Å². The monoisotopic (exact) mass is 315 g/mol. The number of carbonyl (C=O) groups is 2. The predicted molar refractivity (Wildman–Crippen MR) is 82.8 cm³/mol. The molecule has 20 heavy (non-hydrogen) atoms. The Balaban J connectivity index is 2.51. The number of halogens is 1. The van der Waals surface area contributed by atoms with Gasteiger partial charge in [-0.2, -0.15) is 11.8 Å². The maximum absolute atomic E-state index is 12.0. The molecule has 0 heterocycles. The van der Waals surface area contributed by atoms with Crippen LogP contribution in [0.1, 0.15) is 12.0 Å². The summed E-state index contributed by atoms with van der Waals surface area (Å²) in [5.74, 6) is 0.520. The van der Waals surface area contributed by atoms with Crippen molar-refractivity contribution in [2.24, 2.45) is 5.73 Å². The molecule has 110 valence electrons. The molecule has 0 fully saturated rings. The third-order valence-electron chi connectivity index (χ3n) is 2.62. The molecule has 0 aliphatic rings. The summed E-state index contributed by atoms with van der Waals surface area (Å²) in [5.41, 5.74) is 6.01. The van der Waals surface area contributed by atoms with E-state index in [1.54, 1.807) is 23.9 Å². The number of benzene rings is 1. The summed E-state index contributed by atoms with van der Waals surface area (Å²) in [6, 6.07) is 5.89. The molecule has 4 N–H and O–H groups in total. The maximum Gasteiger partial charge on any atom is 0.312 e. The van der Waals surface area contributed by atoms with E-state index in [-0.39, 0.29) is 5.91 Å². The molecule has 1 aromatic rings. The quantitative estimate of drug-likeness (QED) is 0.716. The highest BCUT2D eigenvalue weighted by molar-refractivity contribution is 7.98. The molecule has 0 saturated heterocycles. The van der Waals surface area contributed by atoms with E-state index < -0.39 is 12.1 Å². The molecule has 0 bridgehead atoms. The first-order valence-corrected chi connectivity index (χ1v) is 7.87. The number of rotatable bonds is 7. The summed E-state index contributed by atoms with van der Waals surface area (Å²) in [7, 11) is 0. The van der Waals surface area contributed by atoms with Crippen LogP contribution in [0.15, 0.2) is 24.3 Å². The van der Waals surface area contributed by atoms with Crippen LogP contribution in [0.3, 0.4) is 0 Å². The minimum absolute atomic E-state index is 0.243. The molecule has 0 aliphatic carbocycles. The maximum atomic E-state index is 12.0. The molecule has 3 amide bonds. The predicted octanol–water partition coefficient (Wildman–Crippen LogP) is 1.75. The molecule has 0 aromatic heterocycles. The van der Waals surface area contributed by atoms with Gasteiger partial charge in [0.05, 0.1) is 0 Å². The van der Waals surface area contributed by atoms with Crippen molar-refractivity contribution in [2.45, 2.75) is 19.0 Å². The SMILES string of the molecule is CSCC[C@H](NC(N)=O)C(=O)NCc1ccc(Cl)cc1. The van der Waals surface area contributed by atoms with Crippen molar-refractivity contribution in [3.8, 4) is 0 Å². The van der Waals surface area contributed by atoms with Crippen LogP contribution in [0, 0.1) is 0 Å². The fraction of sp³-hybridized carbons (Fsp3) is 0.385. The van der Waals surface area contributed by atoms with Crippen molar-refractivity contribution < 1.29 is 9.59 Å².